The van der Waals surface area contributed by atoms with Crippen molar-refractivity contribution < 1.29 is 4.57 Å². The number of aryl methyl sites for hydroxylation is 2. The van der Waals surface area contributed by atoms with E-state index in [-0.39, 0.29) is 0 Å². The molecule has 0 saturated carbocycles. The fourth-order valence-electron chi connectivity index (χ4n) is 4.41. The van der Waals surface area contributed by atoms with Gasteiger partial charge in [0.2, 0.25) is 11.2 Å². The number of thioether (sulfide) groups is 1. The number of hydrogen-bond acceptors (Lipinski definition) is 2. The molecule has 4 aromatic rings. The summed E-state index contributed by atoms with van der Waals surface area (Å²) in [5, 5.41) is 2.59. The topological polar surface area (TPSA) is 7.12 Å². The van der Waals surface area contributed by atoms with Crippen molar-refractivity contribution in [3.05, 3.63) is 95.1 Å². The van der Waals surface area contributed by atoms with Crippen molar-refractivity contribution in [2.75, 3.05) is 11.4 Å². The molecule has 0 fully saturated rings. The molecule has 3 aromatic carbocycles. The summed E-state index contributed by atoms with van der Waals surface area (Å²) in [6.45, 7) is 8.50. The van der Waals surface area contributed by atoms with Gasteiger partial charge >= 0.3 is 0 Å². The third-order valence-electron chi connectivity index (χ3n) is 5.96. The van der Waals surface area contributed by atoms with Crippen LogP contribution in [0.4, 0.5) is 5.69 Å². The van der Waals surface area contributed by atoms with Crippen LogP contribution in [0, 0.1) is 6.92 Å². The minimum absolute atomic E-state index is 0.946. The summed E-state index contributed by atoms with van der Waals surface area (Å²) in [6.07, 6.45) is 2.35. The maximum absolute atomic E-state index is 2.44. The fraction of sp³-hybridized carbons (Fsp3) is 0.179. The lowest BCUT2D eigenvalue weighted by Crippen LogP contribution is -2.37. The molecule has 0 amide bonds. The Morgan fingerprint density at radius 1 is 0.871 bits per heavy atom. The number of benzene rings is 3. The van der Waals surface area contributed by atoms with Gasteiger partial charge in [0.1, 0.15) is 6.54 Å². The Bertz CT molecular complexity index is 1290. The van der Waals surface area contributed by atoms with Crippen molar-refractivity contribution in [1.82, 2.24) is 0 Å². The van der Waals surface area contributed by atoms with Crippen LogP contribution in [0.3, 0.4) is 0 Å². The lowest BCUT2D eigenvalue weighted by molar-refractivity contribution is -0.669. The van der Waals surface area contributed by atoms with Gasteiger partial charge in [-0.25, -0.2) is 0 Å². The van der Waals surface area contributed by atoms with Gasteiger partial charge < -0.3 is 4.90 Å². The Morgan fingerprint density at radius 3 is 2.48 bits per heavy atom. The summed E-state index contributed by atoms with van der Waals surface area (Å²) in [6, 6.07) is 28.7. The summed E-state index contributed by atoms with van der Waals surface area (Å²) in [4.78, 5) is 3.76. The number of aromatic nitrogens is 1. The molecule has 0 aliphatic carbocycles. The minimum atomic E-state index is 0.946. The van der Waals surface area contributed by atoms with Gasteiger partial charge in [0, 0.05) is 35.0 Å². The van der Waals surface area contributed by atoms with Crippen molar-refractivity contribution >= 4 is 34.4 Å². The van der Waals surface area contributed by atoms with Crippen molar-refractivity contribution in [3.8, 4) is 11.1 Å². The molecule has 2 heterocycles. The molecule has 1 aliphatic rings. The second-order valence-electron chi connectivity index (χ2n) is 7.94. The Balaban J connectivity index is 1.57. The molecule has 154 valence electrons. The minimum Gasteiger partial charge on any atom is -0.335 e. The zero-order valence-electron chi connectivity index (χ0n) is 18.3. The van der Waals surface area contributed by atoms with Crippen LogP contribution < -0.4 is 9.47 Å². The molecule has 2 nitrogen and oxygen atoms in total. The summed E-state index contributed by atoms with van der Waals surface area (Å²) in [5.41, 5.74) is 7.67. The summed E-state index contributed by atoms with van der Waals surface area (Å²) < 4.78 is 2.41. The molecule has 0 spiro atoms. The highest BCUT2D eigenvalue weighted by atomic mass is 32.2. The first-order valence-corrected chi connectivity index (χ1v) is 11.8. The SMILES string of the molecule is CCN1C(=Cc2ccc3cc(C)ccc3[n+]2CC)Sc2ccc(-c3ccccc3)cc21. The number of rotatable bonds is 4. The molecule has 1 aromatic heterocycles. The van der Waals surface area contributed by atoms with Crippen LogP contribution in [0.1, 0.15) is 25.1 Å². The maximum Gasteiger partial charge on any atom is 0.212 e. The summed E-state index contributed by atoms with van der Waals surface area (Å²) in [5.74, 6) is 0. The third kappa shape index (κ3) is 3.64. The highest BCUT2D eigenvalue weighted by molar-refractivity contribution is 8.03. The zero-order valence-corrected chi connectivity index (χ0v) is 19.1. The predicted octanol–water partition coefficient (Wildman–Crippen LogP) is 7.05. The van der Waals surface area contributed by atoms with Crippen LogP contribution in [0.2, 0.25) is 0 Å². The first kappa shape index (κ1) is 19.9. The van der Waals surface area contributed by atoms with E-state index in [1.807, 2.05) is 11.8 Å². The van der Waals surface area contributed by atoms with Gasteiger partial charge in [-0.1, -0.05) is 59.8 Å². The van der Waals surface area contributed by atoms with Crippen molar-refractivity contribution in [1.29, 1.82) is 0 Å². The van der Waals surface area contributed by atoms with E-state index in [2.05, 4.69) is 115 Å². The van der Waals surface area contributed by atoms with Gasteiger partial charge in [0.15, 0.2) is 0 Å². The van der Waals surface area contributed by atoms with E-state index in [0.717, 1.165) is 13.1 Å². The monoisotopic (exact) mass is 423 g/mol. The normalized spacial score (nSPS) is 14.4. The van der Waals surface area contributed by atoms with E-state index in [4.69, 9.17) is 0 Å². The molecule has 1 aliphatic heterocycles. The molecule has 0 saturated heterocycles. The van der Waals surface area contributed by atoms with Crippen molar-refractivity contribution in [3.63, 3.8) is 0 Å². The van der Waals surface area contributed by atoms with Gasteiger partial charge in [-0.05, 0) is 56.2 Å². The highest BCUT2D eigenvalue weighted by Crippen LogP contribution is 2.47. The van der Waals surface area contributed by atoms with Gasteiger partial charge in [-0.2, -0.15) is 4.57 Å². The number of pyridine rings is 1. The second-order valence-corrected chi connectivity index (χ2v) is 9.00. The van der Waals surface area contributed by atoms with E-state index in [1.54, 1.807) is 0 Å². The predicted molar refractivity (Wildman–Crippen MR) is 133 cm³/mol. The second kappa shape index (κ2) is 8.24. The summed E-state index contributed by atoms with van der Waals surface area (Å²) in [7, 11) is 0. The van der Waals surface area contributed by atoms with E-state index in [1.165, 1.54) is 48.9 Å². The van der Waals surface area contributed by atoms with Gasteiger partial charge in [0.25, 0.3) is 0 Å². The van der Waals surface area contributed by atoms with Crippen LogP contribution in [0.5, 0.6) is 0 Å². The molecule has 0 unspecified atom stereocenters. The molecule has 0 atom stereocenters. The molecule has 0 bridgehead atoms. The molecule has 5 rings (SSSR count). The largest absolute Gasteiger partial charge is 0.335 e. The molecule has 3 heteroatoms. The Hall–Kier alpha value is -3.04. The number of fused-ring (bicyclic) bond motifs is 2. The molecule has 0 N–H and O–H groups in total. The molecule has 31 heavy (non-hydrogen) atoms. The van der Waals surface area contributed by atoms with Crippen LogP contribution in [0.15, 0.2) is 88.8 Å². The maximum atomic E-state index is 2.44. The van der Waals surface area contributed by atoms with E-state index in [0.29, 0.717) is 0 Å². The average molecular weight is 424 g/mol. The first-order chi connectivity index (χ1) is 15.2. The Kier molecular flexibility index (Phi) is 5.29. The summed E-state index contributed by atoms with van der Waals surface area (Å²) >= 11 is 1.87. The van der Waals surface area contributed by atoms with Crippen molar-refractivity contribution in [2.24, 2.45) is 0 Å². The average Bonchev–Trinajstić information content (AvgIpc) is 3.15. The van der Waals surface area contributed by atoms with Gasteiger partial charge in [-0.15, -0.1) is 0 Å². The quantitative estimate of drug-likeness (QED) is 0.325. The number of nitrogens with zero attached hydrogens (tertiary/aromatic N) is 2. The van der Waals surface area contributed by atoms with Gasteiger partial charge in [-0.3, -0.25) is 0 Å². The van der Waals surface area contributed by atoms with Crippen LogP contribution in [0.25, 0.3) is 28.1 Å². The molecule has 0 radical (unpaired) electrons. The van der Waals surface area contributed by atoms with Crippen LogP contribution in [-0.2, 0) is 6.54 Å². The third-order valence-corrected chi connectivity index (χ3v) is 7.07. The Morgan fingerprint density at radius 2 is 1.71 bits per heavy atom. The van der Waals surface area contributed by atoms with Gasteiger partial charge in [0.05, 0.1) is 10.7 Å². The first-order valence-electron chi connectivity index (χ1n) is 11.0. The zero-order chi connectivity index (χ0) is 21.4. The van der Waals surface area contributed by atoms with Crippen LogP contribution in [-0.4, -0.2) is 6.54 Å². The molecular formula is C28H27N2S+. The van der Waals surface area contributed by atoms with E-state index >= 15 is 0 Å². The lowest BCUT2D eigenvalue weighted by atomic mass is 10.0. The van der Waals surface area contributed by atoms with Crippen LogP contribution >= 0.6 is 11.8 Å². The van der Waals surface area contributed by atoms with Crippen molar-refractivity contribution in [2.45, 2.75) is 32.2 Å². The molecular weight excluding hydrogens is 396 g/mol. The number of hydrogen-bond donors (Lipinski definition) is 0. The van der Waals surface area contributed by atoms with E-state index < -0.39 is 0 Å². The van der Waals surface area contributed by atoms with E-state index in [9.17, 15) is 0 Å². The smallest absolute Gasteiger partial charge is 0.212 e. The fourth-order valence-corrected chi connectivity index (χ4v) is 5.56. The lowest BCUT2D eigenvalue weighted by Gasteiger charge is -2.18. The standard InChI is InChI=1S/C28H27N2S/c1-4-29-24(14-12-23-17-20(3)11-15-25(23)29)19-28-30(5-2)26-18-22(13-16-27(26)31-28)21-9-7-6-8-10-21/h6-19H,4-5H2,1-3H3/q+1. The highest BCUT2D eigenvalue weighted by Gasteiger charge is 2.26. The number of anilines is 1. The Labute approximate surface area is 188 Å².